The number of sulfone groups is 1. The maximum atomic E-state index is 13.8. The minimum atomic E-state index is -3.41. The lowest BCUT2D eigenvalue weighted by Gasteiger charge is -2.35. The van der Waals surface area contributed by atoms with E-state index in [1.807, 2.05) is 13.8 Å². The highest BCUT2D eigenvalue weighted by Crippen LogP contribution is 2.43. The molecule has 3 rings (SSSR count). The van der Waals surface area contributed by atoms with Gasteiger partial charge in [-0.1, -0.05) is 13.8 Å². The van der Waals surface area contributed by atoms with E-state index >= 15 is 0 Å². The molecule has 1 aliphatic rings. The molecule has 0 N–H and O–H groups in total. The second kappa shape index (κ2) is 8.93. The van der Waals surface area contributed by atoms with Gasteiger partial charge < -0.3 is 9.47 Å². The van der Waals surface area contributed by atoms with E-state index in [0.29, 0.717) is 44.8 Å². The van der Waals surface area contributed by atoms with Gasteiger partial charge in [-0.25, -0.2) is 13.1 Å². The van der Waals surface area contributed by atoms with E-state index in [0.717, 1.165) is 0 Å². The Kier molecular flexibility index (Phi) is 6.75. The van der Waals surface area contributed by atoms with E-state index in [1.165, 1.54) is 4.68 Å². The van der Waals surface area contributed by atoms with Crippen molar-refractivity contribution in [1.82, 2.24) is 9.78 Å². The van der Waals surface area contributed by atoms with Gasteiger partial charge in [0.2, 0.25) is 11.7 Å². The average molecular weight is 477 g/mol. The van der Waals surface area contributed by atoms with Crippen molar-refractivity contribution in [1.29, 1.82) is 0 Å². The maximum absolute atomic E-state index is 13.8. The van der Waals surface area contributed by atoms with Crippen molar-refractivity contribution in [3.63, 3.8) is 0 Å². The summed E-state index contributed by atoms with van der Waals surface area (Å²) in [7, 11) is -1.74. The fourth-order valence-electron chi connectivity index (χ4n) is 4.62. The van der Waals surface area contributed by atoms with Gasteiger partial charge in [0, 0.05) is 12.6 Å². The van der Waals surface area contributed by atoms with E-state index in [4.69, 9.17) is 9.47 Å². The van der Waals surface area contributed by atoms with Crippen molar-refractivity contribution in [2.75, 3.05) is 19.0 Å². The highest BCUT2D eigenvalue weighted by atomic mass is 32.2. The van der Waals surface area contributed by atoms with E-state index < -0.39 is 9.84 Å². The Labute approximate surface area is 195 Å². The van der Waals surface area contributed by atoms with Crippen LogP contribution in [-0.4, -0.2) is 48.9 Å². The monoisotopic (exact) mass is 476 g/mol. The van der Waals surface area contributed by atoms with Crippen LogP contribution >= 0.6 is 0 Å². The van der Waals surface area contributed by atoms with Gasteiger partial charge >= 0.3 is 5.97 Å². The van der Waals surface area contributed by atoms with E-state index in [9.17, 15) is 18.0 Å². The number of benzene rings is 1. The summed E-state index contributed by atoms with van der Waals surface area (Å²) in [5.74, 6) is -0.299. The van der Waals surface area contributed by atoms with E-state index in [2.05, 4.69) is 5.10 Å². The standard InChI is InChI=1S/C24H32N2O6S/c1-8-31-18(27)9-11-32-23-19(16(4)25-26(23)7)21(28)17-13-14(2)22-20(15(17)3)24(5,6)10-12-33(22,29)30/h13H,8-12H2,1-7H3. The molecule has 0 fully saturated rings. The predicted octanol–water partition coefficient (Wildman–Crippen LogP) is 3.36. The summed E-state index contributed by atoms with van der Waals surface area (Å²) >= 11 is 0. The molecule has 0 atom stereocenters. The van der Waals surface area contributed by atoms with Gasteiger partial charge in [-0.05, 0) is 62.3 Å². The summed E-state index contributed by atoms with van der Waals surface area (Å²) in [6, 6.07) is 1.66. The number of ether oxygens (including phenoxy) is 2. The van der Waals surface area contributed by atoms with Gasteiger partial charge in [-0.15, -0.1) is 0 Å². The highest BCUT2D eigenvalue weighted by Gasteiger charge is 2.39. The van der Waals surface area contributed by atoms with Crippen LogP contribution < -0.4 is 4.74 Å². The number of esters is 1. The molecule has 0 unspecified atom stereocenters. The van der Waals surface area contributed by atoms with E-state index in [-0.39, 0.29) is 48.4 Å². The van der Waals surface area contributed by atoms with Crippen molar-refractivity contribution in [3.05, 3.63) is 39.6 Å². The molecule has 8 nitrogen and oxygen atoms in total. The molecular formula is C24H32N2O6S. The summed E-state index contributed by atoms with van der Waals surface area (Å²) in [6.45, 7) is 11.4. The lowest BCUT2D eigenvalue weighted by molar-refractivity contribution is -0.143. The first-order chi connectivity index (χ1) is 15.3. The number of fused-ring (bicyclic) bond motifs is 1. The molecular weight excluding hydrogens is 444 g/mol. The highest BCUT2D eigenvalue weighted by molar-refractivity contribution is 7.91. The molecule has 1 aromatic carbocycles. The quantitative estimate of drug-likeness (QED) is 0.446. The third-order valence-electron chi connectivity index (χ3n) is 6.20. The molecule has 1 aromatic heterocycles. The molecule has 0 aliphatic carbocycles. The minimum Gasteiger partial charge on any atom is -0.477 e. The number of ketones is 1. The summed E-state index contributed by atoms with van der Waals surface area (Å²) in [5.41, 5.74) is 2.80. The van der Waals surface area contributed by atoms with Crippen molar-refractivity contribution in [2.24, 2.45) is 7.05 Å². The van der Waals surface area contributed by atoms with Gasteiger partial charge in [-0.2, -0.15) is 5.10 Å². The Bertz CT molecular complexity index is 1220. The van der Waals surface area contributed by atoms with Crippen molar-refractivity contribution in [3.8, 4) is 5.88 Å². The van der Waals surface area contributed by atoms with Crippen molar-refractivity contribution in [2.45, 2.75) is 64.7 Å². The average Bonchev–Trinajstić information content (AvgIpc) is 2.99. The van der Waals surface area contributed by atoms with Gasteiger partial charge in [0.15, 0.2) is 9.84 Å². The first-order valence-electron chi connectivity index (χ1n) is 11.1. The van der Waals surface area contributed by atoms with Crippen LogP contribution in [0, 0.1) is 20.8 Å². The SMILES string of the molecule is CCOC(=O)CCOc1c(C(=O)c2cc(C)c3c(c2C)C(C)(C)CCS3(=O)=O)c(C)nn1C. The Balaban J connectivity index is 2.07. The number of carbonyl (C=O) groups is 2. The molecule has 0 saturated carbocycles. The van der Waals surface area contributed by atoms with Crippen LogP contribution in [0.4, 0.5) is 0 Å². The van der Waals surface area contributed by atoms with E-state index in [1.54, 1.807) is 40.8 Å². The normalized spacial score (nSPS) is 16.2. The number of aryl methyl sites for hydroxylation is 3. The summed E-state index contributed by atoms with van der Waals surface area (Å²) < 4.78 is 37.9. The number of nitrogens with zero attached hydrogens (tertiary/aromatic N) is 2. The third kappa shape index (κ3) is 4.55. The van der Waals surface area contributed by atoms with Crippen LogP contribution in [-0.2, 0) is 31.8 Å². The predicted molar refractivity (Wildman–Crippen MR) is 124 cm³/mol. The van der Waals surface area contributed by atoms with Gasteiger partial charge in [0.1, 0.15) is 12.2 Å². The fraction of sp³-hybridized carbons (Fsp3) is 0.542. The minimum absolute atomic E-state index is 0.0472. The second-order valence-electron chi connectivity index (χ2n) is 9.14. The molecule has 0 saturated heterocycles. The lowest BCUT2D eigenvalue weighted by Crippen LogP contribution is -2.33. The first kappa shape index (κ1) is 25.0. The molecule has 2 heterocycles. The molecule has 33 heavy (non-hydrogen) atoms. The fourth-order valence-corrected chi connectivity index (χ4v) is 6.90. The van der Waals surface area contributed by atoms with Crippen LogP contribution in [0.3, 0.4) is 0 Å². The Hall–Kier alpha value is -2.68. The first-order valence-corrected chi connectivity index (χ1v) is 12.7. The van der Waals surface area contributed by atoms with Gasteiger partial charge in [0.05, 0.1) is 29.4 Å². The zero-order valence-corrected chi connectivity index (χ0v) is 21.2. The van der Waals surface area contributed by atoms with Crippen molar-refractivity contribution >= 4 is 21.6 Å². The molecule has 1 aliphatic heterocycles. The smallest absolute Gasteiger partial charge is 0.309 e. The third-order valence-corrected chi connectivity index (χ3v) is 8.09. The van der Waals surface area contributed by atoms with Crippen LogP contribution in [0.5, 0.6) is 5.88 Å². The summed E-state index contributed by atoms with van der Waals surface area (Å²) in [6.07, 6.45) is 0.545. The van der Waals surface area contributed by atoms with Gasteiger partial charge in [0.25, 0.3) is 0 Å². The van der Waals surface area contributed by atoms with Crippen LogP contribution in [0.1, 0.15) is 71.9 Å². The number of aromatic nitrogens is 2. The van der Waals surface area contributed by atoms with Crippen LogP contribution in [0.15, 0.2) is 11.0 Å². The molecule has 0 bridgehead atoms. The molecule has 180 valence electrons. The Morgan fingerprint density at radius 3 is 2.52 bits per heavy atom. The van der Waals surface area contributed by atoms with Crippen molar-refractivity contribution < 1.29 is 27.5 Å². The Morgan fingerprint density at radius 2 is 1.88 bits per heavy atom. The molecule has 0 spiro atoms. The molecule has 0 radical (unpaired) electrons. The summed E-state index contributed by atoms with van der Waals surface area (Å²) in [5, 5.41) is 4.34. The zero-order valence-electron chi connectivity index (χ0n) is 20.4. The molecule has 2 aromatic rings. The van der Waals surface area contributed by atoms with Crippen LogP contribution in [0.25, 0.3) is 0 Å². The second-order valence-corrected chi connectivity index (χ2v) is 11.2. The number of hydrogen-bond donors (Lipinski definition) is 0. The number of rotatable bonds is 7. The largest absolute Gasteiger partial charge is 0.477 e. The molecule has 0 amide bonds. The Morgan fingerprint density at radius 1 is 1.21 bits per heavy atom. The molecule has 9 heteroatoms. The van der Waals surface area contributed by atoms with Gasteiger partial charge in [-0.3, -0.25) is 9.59 Å². The number of hydrogen-bond acceptors (Lipinski definition) is 7. The maximum Gasteiger partial charge on any atom is 0.309 e. The zero-order chi connectivity index (χ0) is 24.7. The summed E-state index contributed by atoms with van der Waals surface area (Å²) in [4.78, 5) is 25.8. The topological polar surface area (TPSA) is 105 Å². The number of carbonyl (C=O) groups excluding carboxylic acids is 2. The van der Waals surface area contributed by atoms with Crippen LogP contribution in [0.2, 0.25) is 0 Å². The lowest BCUT2D eigenvalue weighted by atomic mass is 9.76.